The summed E-state index contributed by atoms with van der Waals surface area (Å²) in [4.78, 5) is 0. The molecule has 1 unspecified atom stereocenters. The predicted octanol–water partition coefficient (Wildman–Crippen LogP) is 4.43. The van der Waals surface area contributed by atoms with Crippen LogP contribution in [0, 0.1) is 6.92 Å². The molecule has 2 aromatic carbocycles. The zero-order valence-electron chi connectivity index (χ0n) is 12.8. The lowest BCUT2D eigenvalue weighted by Gasteiger charge is -2.29. The van der Waals surface area contributed by atoms with Gasteiger partial charge >= 0.3 is 0 Å². The van der Waals surface area contributed by atoms with Crippen LogP contribution in [0.4, 0.5) is 0 Å². The van der Waals surface area contributed by atoms with Crippen molar-refractivity contribution in [2.75, 3.05) is 0 Å². The van der Waals surface area contributed by atoms with E-state index < -0.39 is 0 Å². The Hall–Kier alpha value is -1.80. The maximum Gasteiger partial charge on any atom is 0.115 e. The zero-order chi connectivity index (χ0) is 14.8. The molecule has 0 heterocycles. The van der Waals surface area contributed by atoms with Crippen LogP contribution >= 0.6 is 0 Å². The van der Waals surface area contributed by atoms with Gasteiger partial charge in [-0.3, -0.25) is 0 Å². The fourth-order valence-electron chi connectivity index (χ4n) is 3.31. The summed E-state index contributed by atoms with van der Waals surface area (Å²) in [5.41, 5.74) is 5.27. The Morgan fingerprint density at radius 1 is 1.19 bits per heavy atom. The molecule has 0 radical (unpaired) electrons. The third-order valence-electron chi connectivity index (χ3n) is 4.43. The monoisotopic (exact) mass is 281 g/mol. The van der Waals surface area contributed by atoms with E-state index in [-0.39, 0.29) is 0 Å². The molecule has 2 heteroatoms. The van der Waals surface area contributed by atoms with Crippen LogP contribution in [0.25, 0.3) is 0 Å². The molecule has 0 aromatic heterocycles. The maximum absolute atomic E-state index is 9.64. The molecule has 1 aliphatic rings. The van der Waals surface area contributed by atoms with Gasteiger partial charge < -0.3 is 10.4 Å². The van der Waals surface area contributed by atoms with Gasteiger partial charge in [0.15, 0.2) is 0 Å². The highest BCUT2D eigenvalue weighted by atomic mass is 16.3. The number of aryl methyl sites for hydroxylation is 2. The van der Waals surface area contributed by atoms with E-state index in [9.17, 15) is 5.11 Å². The van der Waals surface area contributed by atoms with Crippen LogP contribution in [0.15, 0.2) is 42.5 Å². The average Bonchev–Trinajstić information content (AvgIpc) is 2.47. The van der Waals surface area contributed by atoms with Crippen LogP contribution in [-0.4, -0.2) is 5.11 Å². The lowest BCUT2D eigenvalue weighted by Crippen LogP contribution is -2.27. The molecule has 0 aliphatic heterocycles. The van der Waals surface area contributed by atoms with Gasteiger partial charge in [0.05, 0.1) is 0 Å². The summed E-state index contributed by atoms with van der Waals surface area (Å²) < 4.78 is 0. The molecule has 0 saturated heterocycles. The molecule has 0 bridgehead atoms. The van der Waals surface area contributed by atoms with Crippen molar-refractivity contribution in [3.05, 3.63) is 64.7 Å². The van der Waals surface area contributed by atoms with E-state index in [0.717, 1.165) is 12.8 Å². The Balaban J connectivity index is 1.80. The summed E-state index contributed by atoms with van der Waals surface area (Å²) in [6.07, 6.45) is 3.41. The van der Waals surface area contributed by atoms with Crippen LogP contribution in [0.1, 0.15) is 54.1 Å². The Labute approximate surface area is 126 Å². The van der Waals surface area contributed by atoms with Crippen molar-refractivity contribution >= 4 is 0 Å². The lowest BCUT2D eigenvalue weighted by atomic mass is 9.87. The van der Waals surface area contributed by atoms with Gasteiger partial charge in [0.1, 0.15) is 5.75 Å². The summed E-state index contributed by atoms with van der Waals surface area (Å²) in [6, 6.07) is 15.2. The van der Waals surface area contributed by atoms with Gasteiger partial charge in [0.25, 0.3) is 0 Å². The van der Waals surface area contributed by atoms with Gasteiger partial charge in [-0.2, -0.15) is 0 Å². The van der Waals surface area contributed by atoms with Crippen LogP contribution in [-0.2, 0) is 6.42 Å². The number of aromatic hydroxyl groups is 1. The van der Waals surface area contributed by atoms with Crippen molar-refractivity contribution < 1.29 is 5.11 Å². The van der Waals surface area contributed by atoms with E-state index >= 15 is 0 Å². The molecule has 21 heavy (non-hydrogen) atoms. The first-order valence-corrected chi connectivity index (χ1v) is 7.78. The van der Waals surface area contributed by atoms with Crippen molar-refractivity contribution in [2.45, 2.75) is 45.2 Å². The molecule has 1 aliphatic carbocycles. The molecule has 2 N–H and O–H groups in total. The maximum atomic E-state index is 9.64. The molecular formula is C19H23NO. The van der Waals surface area contributed by atoms with Crippen molar-refractivity contribution in [1.29, 1.82) is 0 Å². The molecule has 0 saturated carbocycles. The topological polar surface area (TPSA) is 32.3 Å². The van der Waals surface area contributed by atoms with Gasteiger partial charge in [-0.1, -0.05) is 35.9 Å². The Kier molecular flexibility index (Phi) is 3.98. The predicted molar refractivity (Wildman–Crippen MR) is 86.5 cm³/mol. The number of rotatable bonds is 3. The van der Waals surface area contributed by atoms with Crippen molar-refractivity contribution in [3.63, 3.8) is 0 Å². The summed E-state index contributed by atoms with van der Waals surface area (Å²) in [5, 5.41) is 13.4. The first-order chi connectivity index (χ1) is 10.1. The highest BCUT2D eigenvalue weighted by Crippen LogP contribution is 2.33. The van der Waals surface area contributed by atoms with Crippen LogP contribution in [0.5, 0.6) is 5.75 Å². The fraction of sp³-hybridized carbons (Fsp3) is 0.368. The van der Waals surface area contributed by atoms with Crippen LogP contribution in [0.2, 0.25) is 0 Å². The number of fused-ring (bicyclic) bond motifs is 1. The second kappa shape index (κ2) is 5.90. The first kappa shape index (κ1) is 14.2. The highest BCUT2D eigenvalue weighted by molar-refractivity contribution is 5.38. The minimum absolute atomic E-state index is 0.328. The summed E-state index contributed by atoms with van der Waals surface area (Å²) >= 11 is 0. The van der Waals surface area contributed by atoms with Crippen LogP contribution < -0.4 is 5.32 Å². The van der Waals surface area contributed by atoms with Gasteiger partial charge in [0.2, 0.25) is 0 Å². The third-order valence-corrected chi connectivity index (χ3v) is 4.43. The number of hydrogen-bond donors (Lipinski definition) is 2. The summed E-state index contributed by atoms with van der Waals surface area (Å²) in [7, 11) is 0. The van der Waals surface area contributed by atoms with Gasteiger partial charge in [-0.25, -0.2) is 0 Å². The van der Waals surface area contributed by atoms with Gasteiger partial charge in [0, 0.05) is 12.1 Å². The Bertz CT molecular complexity index is 635. The molecular weight excluding hydrogens is 258 g/mol. The van der Waals surface area contributed by atoms with Crippen molar-refractivity contribution in [1.82, 2.24) is 5.32 Å². The molecule has 110 valence electrons. The molecule has 2 aromatic rings. The van der Waals surface area contributed by atoms with E-state index in [1.165, 1.54) is 28.7 Å². The standard InChI is InChI=1S/C19H23NO/c1-13-5-3-6-15(11-13)14(2)20-19-8-4-7-16-12-17(21)9-10-18(16)19/h3,5-6,9-12,14,19-21H,4,7-8H2,1-2H3/t14-,19?/m0/s1. The number of benzene rings is 2. The van der Waals surface area contributed by atoms with Crippen molar-refractivity contribution in [2.24, 2.45) is 0 Å². The first-order valence-electron chi connectivity index (χ1n) is 7.78. The SMILES string of the molecule is Cc1cccc([C@H](C)NC2CCCc3cc(O)ccc32)c1. The molecule has 0 spiro atoms. The number of phenols is 1. The van der Waals surface area contributed by atoms with Crippen LogP contribution in [0.3, 0.4) is 0 Å². The van der Waals surface area contributed by atoms with E-state index in [2.05, 4.69) is 49.5 Å². The average molecular weight is 281 g/mol. The smallest absolute Gasteiger partial charge is 0.115 e. The van der Waals surface area contributed by atoms with E-state index in [4.69, 9.17) is 0 Å². The highest BCUT2D eigenvalue weighted by Gasteiger charge is 2.22. The zero-order valence-corrected chi connectivity index (χ0v) is 12.8. The molecule has 0 fully saturated rings. The van der Waals surface area contributed by atoms with E-state index in [0.29, 0.717) is 17.8 Å². The largest absolute Gasteiger partial charge is 0.508 e. The number of nitrogens with one attached hydrogen (secondary N) is 1. The minimum Gasteiger partial charge on any atom is -0.508 e. The molecule has 3 rings (SSSR count). The number of phenolic OH excluding ortho intramolecular Hbond substituents is 1. The second-order valence-electron chi connectivity index (χ2n) is 6.13. The Morgan fingerprint density at radius 3 is 2.86 bits per heavy atom. The summed E-state index contributed by atoms with van der Waals surface area (Å²) in [6.45, 7) is 4.36. The molecule has 2 atom stereocenters. The van der Waals surface area contributed by atoms with E-state index in [1.807, 2.05) is 6.07 Å². The molecule has 0 amide bonds. The minimum atomic E-state index is 0.328. The molecule has 2 nitrogen and oxygen atoms in total. The second-order valence-corrected chi connectivity index (χ2v) is 6.13. The van der Waals surface area contributed by atoms with Crippen molar-refractivity contribution in [3.8, 4) is 5.75 Å². The normalized spacial score (nSPS) is 19.0. The third kappa shape index (κ3) is 3.11. The van der Waals surface area contributed by atoms with Gasteiger partial charge in [-0.15, -0.1) is 0 Å². The lowest BCUT2D eigenvalue weighted by molar-refractivity contribution is 0.412. The quantitative estimate of drug-likeness (QED) is 0.872. The number of hydrogen-bond acceptors (Lipinski definition) is 2. The van der Waals surface area contributed by atoms with Gasteiger partial charge in [-0.05, 0) is 61.9 Å². The summed E-state index contributed by atoms with van der Waals surface area (Å²) in [5.74, 6) is 0.376. The van der Waals surface area contributed by atoms with E-state index in [1.54, 1.807) is 6.07 Å². The fourth-order valence-corrected chi connectivity index (χ4v) is 3.31. The Morgan fingerprint density at radius 2 is 2.05 bits per heavy atom.